The van der Waals surface area contributed by atoms with Crippen molar-refractivity contribution in [2.24, 2.45) is 0 Å². The Hall–Kier alpha value is -1.04. The van der Waals surface area contributed by atoms with E-state index in [1.807, 2.05) is 0 Å². The first-order valence-corrected chi connectivity index (χ1v) is 24.2. The quantitative estimate of drug-likeness (QED) is 0.0855. The van der Waals surface area contributed by atoms with Gasteiger partial charge in [0.2, 0.25) is 0 Å². The van der Waals surface area contributed by atoms with E-state index in [9.17, 15) is 0 Å². The fourth-order valence-corrected chi connectivity index (χ4v) is 10.7. The van der Waals surface area contributed by atoms with Gasteiger partial charge in [-0.1, -0.05) is 0 Å². The van der Waals surface area contributed by atoms with Crippen LogP contribution in [0.3, 0.4) is 0 Å². The van der Waals surface area contributed by atoms with Crippen LogP contribution in [0.1, 0.15) is 0 Å². The summed E-state index contributed by atoms with van der Waals surface area (Å²) in [6, 6.07) is 0. The van der Waals surface area contributed by atoms with Crippen molar-refractivity contribution in [2.75, 3.05) is 154 Å². The second kappa shape index (κ2) is 31.5. The van der Waals surface area contributed by atoms with E-state index in [4.69, 9.17) is 123 Å². The zero-order valence-corrected chi connectivity index (χ0v) is 45.6. The molecule has 5 heterocycles. The van der Waals surface area contributed by atoms with Gasteiger partial charge in [0, 0.05) is 121 Å². The molecule has 26 heteroatoms. The molecule has 26 nitrogen and oxygen atoms in total. The van der Waals surface area contributed by atoms with Gasteiger partial charge in [-0.2, -0.15) is 0 Å². The van der Waals surface area contributed by atoms with E-state index in [-0.39, 0.29) is 33.0 Å². The summed E-state index contributed by atoms with van der Waals surface area (Å²) in [6.45, 7) is 0.501. The first-order chi connectivity index (χ1) is 35.5. The van der Waals surface area contributed by atoms with Gasteiger partial charge < -0.3 is 123 Å². The van der Waals surface area contributed by atoms with Crippen LogP contribution in [0.25, 0.3) is 0 Å². The molecule has 0 unspecified atom stereocenters. The van der Waals surface area contributed by atoms with E-state index in [0.717, 1.165) is 0 Å². The van der Waals surface area contributed by atoms with E-state index >= 15 is 0 Å². The molecule has 0 bridgehead atoms. The van der Waals surface area contributed by atoms with Crippen molar-refractivity contribution in [3.8, 4) is 0 Å². The summed E-state index contributed by atoms with van der Waals surface area (Å²) in [5.41, 5.74) is 0. The van der Waals surface area contributed by atoms with Crippen LogP contribution in [-0.4, -0.2) is 307 Å². The first-order valence-electron chi connectivity index (χ1n) is 24.2. The lowest BCUT2D eigenvalue weighted by Gasteiger charge is -2.52. The van der Waals surface area contributed by atoms with Crippen molar-refractivity contribution in [1.29, 1.82) is 0 Å². The predicted molar refractivity (Wildman–Crippen MR) is 248 cm³/mol. The van der Waals surface area contributed by atoms with Gasteiger partial charge >= 0.3 is 0 Å². The van der Waals surface area contributed by atoms with Crippen LogP contribution >= 0.6 is 0 Å². The molecule has 0 aromatic carbocycles. The average Bonchev–Trinajstić information content (AvgIpc) is 3.39. The number of methoxy groups -OCH3 is 17. The summed E-state index contributed by atoms with van der Waals surface area (Å²) in [4.78, 5) is 0. The van der Waals surface area contributed by atoms with Crippen molar-refractivity contribution >= 4 is 0 Å². The second-order valence-electron chi connectivity index (χ2n) is 17.8. The number of rotatable bonds is 30. The Balaban J connectivity index is 1.52. The normalized spacial score (nSPS) is 43.6. The second-order valence-corrected chi connectivity index (χ2v) is 17.8. The molecule has 25 atom stereocenters. The average molecular weight is 1070 g/mol. The minimum Gasteiger partial charge on any atom is -0.382 e. The van der Waals surface area contributed by atoms with E-state index in [1.54, 1.807) is 49.8 Å². The molecule has 0 spiro atoms. The van der Waals surface area contributed by atoms with Crippen LogP contribution in [0, 0.1) is 0 Å². The van der Waals surface area contributed by atoms with Gasteiger partial charge in [0.15, 0.2) is 31.5 Å². The summed E-state index contributed by atoms with van der Waals surface area (Å²) in [5.74, 6) is 0. The molecule has 0 aromatic rings. The lowest BCUT2D eigenvalue weighted by molar-refractivity contribution is -0.401. The van der Waals surface area contributed by atoms with E-state index < -0.39 is 154 Å². The fourth-order valence-electron chi connectivity index (χ4n) is 10.7. The monoisotopic (exact) mass is 1070 g/mol. The molecule has 0 saturated carbocycles. The standard InChI is InChI=1S/C47H86O26/c1-48-18-23-28(53-6)33(58-11)38(59-12)44(66-23)71-35-30(55-8)25(20-50-3)68-46(40(35)61-14)73-37-32(57-10)27(22-52-5)69-47(42(37)63-16)72-36-31(56-9)26(21-51-4)67-45(41(36)62-15)70-34-29(54-7)24(19-49-2)65-43(64-17)39(34)60-13/h23-47H,18-22H2,1-17H3/t23-,24-,25-,26-,27-,28-,29-,30-,31-,32-,33+,34+,35+,36+,37+,38-,39-,40-,41-,42-,43+,44+,45+,46+,47+/m1/s1. The third kappa shape index (κ3) is 14.2. The van der Waals surface area contributed by atoms with Crippen LogP contribution in [0.2, 0.25) is 0 Å². The highest BCUT2D eigenvalue weighted by atomic mass is 16.8. The number of hydrogen-bond donors (Lipinski definition) is 0. The number of hydrogen-bond acceptors (Lipinski definition) is 26. The summed E-state index contributed by atoms with van der Waals surface area (Å²) in [7, 11) is 26.1. The van der Waals surface area contributed by atoms with Gasteiger partial charge in [0.25, 0.3) is 0 Å². The maximum atomic E-state index is 7.07. The topological polar surface area (TPSA) is 240 Å². The molecule has 5 aliphatic rings. The highest BCUT2D eigenvalue weighted by molar-refractivity contribution is 5.01. The third-order valence-corrected chi connectivity index (χ3v) is 14.0. The van der Waals surface area contributed by atoms with Crippen molar-refractivity contribution in [3.63, 3.8) is 0 Å². The molecule has 430 valence electrons. The molecule has 5 saturated heterocycles. The minimum absolute atomic E-state index is 0.0397. The van der Waals surface area contributed by atoms with Crippen molar-refractivity contribution in [3.05, 3.63) is 0 Å². The summed E-state index contributed by atoms with van der Waals surface area (Å²) in [6.07, 6.45) is -21.9. The van der Waals surface area contributed by atoms with Crippen molar-refractivity contribution in [1.82, 2.24) is 0 Å². The molecule has 73 heavy (non-hydrogen) atoms. The molecule has 0 N–H and O–H groups in total. The molecule has 0 aliphatic carbocycles. The van der Waals surface area contributed by atoms with Crippen LogP contribution in [0.15, 0.2) is 0 Å². The van der Waals surface area contributed by atoms with Gasteiger partial charge in [-0.25, -0.2) is 0 Å². The lowest BCUT2D eigenvalue weighted by Crippen LogP contribution is -2.69. The maximum Gasteiger partial charge on any atom is 0.187 e. The lowest BCUT2D eigenvalue weighted by atomic mass is 9.94. The third-order valence-electron chi connectivity index (χ3n) is 14.0. The van der Waals surface area contributed by atoms with Gasteiger partial charge in [0.1, 0.15) is 122 Å². The Morgan fingerprint density at radius 1 is 0.192 bits per heavy atom. The predicted octanol–water partition coefficient (Wildman–Crippen LogP) is -0.805. The Kier molecular flexibility index (Phi) is 27.1. The first kappa shape index (κ1) is 62.8. The fraction of sp³-hybridized carbons (Fsp3) is 1.00. The molecule has 5 aliphatic heterocycles. The summed E-state index contributed by atoms with van der Waals surface area (Å²) < 4.78 is 161. The molecule has 0 amide bonds. The summed E-state index contributed by atoms with van der Waals surface area (Å²) >= 11 is 0. The SMILES string of the molecule is COC[C@H]1O[C@@H](O[C@@H]2[C@@H](OC)[C@H](O[C@@H]3[C@@H](OC)[C@H](O[C@@H]4[C@@H](OC)[C@H](O[C@@H]5[C@@H](OC)[C@@H](OC)O[C@H](COC)[C@H]5OC)O[C@H](COC)[C@H]4OC)O[C@H](COC)[C@H]3OC)O[C@H](COC)[C@H]2OC)[C@H](OC)[C@@H](OC)[C@@H]1OC. The van der Waals surface area contributed by atoms with Crippen LogP contribution in [0.4, 0.5) is 0 Å². The van der Waals surface area contributed by atoms with Crippen molar-refractivity contribution < 1.29 is 123 Å². The Labute approximate surface area is 429 Å². The molecule has 5 rings (SSSR count). The Morgan fingerprint density at radius 3 is 0.562 bits per heavy atom. The zero-order chi connectivity index (χ0) is 53.4. The highest BCUT2D eigenvalue weighted by Crippen LogP contribution is 2.40. The zero-order valence-electron chi connectivity index (χ0n) is 45.6. The molecular weight excluding hydrogens is 980 g/mol. The van der Waals surface area contributed by atoms with Gasteiger partial charge in [-0.05, 0) is 0 Å². The maximum absolute atomic E-state index is 7.07. The largest absolute Gasteiger partial charge is 0.382 e. The van der Waals surface area contributed by atoms with Gasteiger partial charge in [-0.3, -0.25) is 0 Å². The minimum atomic E-state index is -1.23. The van der Waals surface area contributed by atoms with Gasteiger partial charge in [0.05, 0.1) is 33.0 Å². The Morgan fingerprint density at radius 2 is 0.370 bits per heavy atom. The van der Waals surface area contributed by atoms with Crippen LogP contribution < -0.4 is 0 Å². The molecule has 5 fully saturated rings. The van der Waals surface area contributed by atoms with Gasteiger partial charge in [-0.15, -0.1) is 0 Å². The van der Waals surface area contributed by atoms with E-state index in [0.29, 0.717) is 0 Å². The van der Waals surface area contributed by atoms with Crippen molar-refractivity contribution in [2.45, 2.75) is 154 Å². The van der Waals surface area contributed by atoms with Crippen LogP contribution in [-0.2, 0) is 123 Å². The number of ether oxygens (including phenoxy) is 26. The Bertz CT molecular complexity index is 1490. The van der Waals surface area contributed by atoms with Crippen LogP contribution in [0.5, 0.6) is 0 Å². The molecular formula is C47H86O26. The van der Waals surface area contributed by atoms with E-state index in [2.05, 4.69) is 0 Å². The molecule has 0 radical (unpaired) electrons. The molecule has 0 aromatic heterocycles. The van der Waals surface area contributed by atoms with E-state index in [1.165, 1.54) is 71.1 Å². The highest BCUT2D eigenvalue weighted by Gasteiger charge is 2.59. The summed E-state index contributed by atoms with van der Waals surface area (Å²) in [5, 5.41) is 0. The smallest absolute Gasteiger partial charge is 0.187 e.